The molecule has 2 unspecified atom stereocenters. The van der Waals surface area contributed by atoms with Crippen LogP contribution in [0.4, 0.5) is 0 Å². The Bertz CT molecular complexity index is 453. The minimum Gasteiger partial charge on any atom is -0.467 e. The number of piperazine rings is 1. The molecule has 2 heterocycles. The largest absolute Gasteiger partial charge is 0.467 e. The van der Waals surface area contributed by atoms with Crippen molar-refractivity contribution in [2.45, 2.75) is 45.8 Å². The molecule has 0 bridgehead atoms. The fraction of sp³-hybridized carbons (Fsp3) is 0.571. The molecule has 2 atom stereocenters. The Balaban J connectivity index is 2.14. The minimum atomic E-state index is -0.457. The standard InChI is InChI=1S/C14H20N2O3/c1-9(2)7-12-14(18)16(10(3)13(17)15-12)8-11-5-4-6-19-11/h4-6,9-10,12H,7-8H2,1-3H3,(H,15,17). The molecule has 1 saturated heterocycles. The van der Waals surface area contributed by atoms with Crippen LogP contribution in [0.5, 0.6) is 0 Å². The minimum absolute atomic E-state index is 0.0304. The molecule has 2 rings (SSSR count). The second-order valence-electron chi connectivity index (χ2n) is 5.41. The Hall–Kier alpha value is -1.78. The topological polar surface area (TPSA) is 62.6 Å². The number of carbonyl (C=O) groups is 2. The van der Waals surface area contributed by atoms with Gasteiger partial charge in [0.2, 0.25) is 11.8 Å². The molecule has 19 heavy (non-hydrogen) atoms. The highest BCUT2D eigenvalue weighted by molar-refractivity contribution is 5.96. The summed E-state index contributed by atoms with van der Waals surface area (Å²) < 4.78 is 5.26. The maximum atomic E-state index is 12.4. The molecule has 1 N–H and O–H groups in total. The van der Waals surface area contributed by atoms with Crippen LogP contribution in [0.25, 0.3) is 0 Å². The van der Waals surface area contributed by atoms with Gasteiger partial charge in [-0.15, -0.1) is 0 Å². The first-order valence-corrected chi connectivity index (χ1v) is 6.62. The fourth-order valence-electron chi connectivity index (χ4n) is 2.30. The maximum Gasteiger partial charge on any atom is 0.246 e. The highest BCUT2D eigenvalue weighted by Crippen LogP contribution is 2.18. The molecule has 1 aliphatic rings. The second-order valence-corrected chi connectivity index (χ2v) is 5.41. The van der Waals surface area contributed by atoms with E-state index in [1.807, 2.05) is 19.9 Å². The predicted octanol–water partition coefficient (Wildman–Crippen LogP) is 1.54. The maximum absolute atomic E-state index is 12.4. The van der Waals surface area contributed by atoms with Crippen molar-refractivity contribution in [3.05, 3.63) is 24.2 Å². The molecule has 1 aromatic heterocycles. The summed E-state index contributed by atoms with van der Waals surface area (Å²) in [6.45, 7) is 6.15. The van der Waals surface area contributed by atoms with Gasteiger partial charge in [-0.1, -0.05) is 13.8 Å². The lowest BCUT2D eigenvalue weighted by Crippen LogP contribution is -2.62. The van der Waals surface area contributed by atoms with E-state index in [2.05, 4.69) is 5.32 Å². The van der Waals surface area contributed by atoms with Crippen LogP contribution < -0.4 is 5.32 Å². The first kappa shape index (κ1) is 13.6. The zero-order valence-corrected chi connectivity index (χ0v) is 11.6. The number of rotatable bonds is 4. The van der Waals surface area contributed by atoms with Gasteiger partial charge in [0.25, 0.3) is 0 Å². The number of hydrogen-bond donors (Lipinski definition) is 1. The van der Waals surface area contributed by atoms with Gasteiger partial charge in [-0.25, -0.2) is 0 Å². The van der Waals surface area contributed by atoms with Crippen LogP contribution in [0.15, 0.2) is 22.8 Å². The fourth-order valence-corrected chi connectivity index (χ4v) is 2.30. The summed E-state index contributed by atoms with van der Waals surface area (Å²) in [5.41, 5.74) is 0. The molecule has 0 spiro atoms. The lowest BCUT2D eigenvalue weighted by atomic mass is 9.99. The van der Waals surface area contributed by atoms with Crippen LogP contribution in [-0.4, -0.2) is 28.8 Å². The summed E-state index contributed by atoms with van der Waals surface area (Å²) in [5, 5.41) is 2.80. The summed E-state index contributed by atoms with van der Waals surface area (Å²) in [5.74, 6) is 0.917. The smallest absolute Gasteiger partial charge is 0.246 e. The van der Waals surface area contributed by atoms with Crippen LogP contribution in [0.1, 0.15) is 33.0 Å². The lowest BCUT2D eigenvalue weighted by Gasteiger charge is -2.37. The number of nitrogens with zero attached hydrogens (tertiary/aromatic N) is 1. The summed E-state index contributed by atoms with van der Waals surface area (Å²) in [7, 11) is 0. The van der Waals surface area contributed by atoms with Gasteiger partial charge in [-0.05, 0) is 31.4 Å². The second kappa shape index (κ2) is 5.47. The number of nitrogens with one attached hydrogen (secondary N) is 1. The zero-order chi connectivity index (χ0) is 14.0. The molecule has 0 aliphatic carbocycles. The van der Waals surface area contributed by atoms with Gasteiger partial charge in [-0.3, -0.25) is 9.59 Å². The molecule has 0 aromatic carbocycles. The van der Waals surface area contributed by atoms with E-state index < -0.39 is 12.1 Å². The monoisotopic (exact) mass is 264 g/mol. The predicted molar refractivity (Wildman–Crippen MR) is 70.1 cm³/mol. The van der Waals surface area contributed by atoms with Crippen LogP contribution in [0.3, 0.4) is 0 Å². The molecule has 104 valence electrons. The van der Waals surface area contributed by atoms with Gasteiger partial charge < -0.3 is 14.6 Å². The van der Waals surface area contributed by atoms with E-state index in [1.54, 1.807) is 24.2 Å². The number of furan rings is 1. The van der Waals surface area contributed by atoms with Crippen molar-refractivity contribution in [1.82, 2.24) is 10.2 Å². The molecule has 2 amide bonds. The van der Waals surface area contributed by atoms with Crippen molar-refractivity contribution in [2.75, 3.05) is 0 Å². The Morgan fingerprint density at radius 2 is 2.16 bits per heavy atom. The molecular weight excluding hydrogens is 244 g/mol. The quantitative estimate of drug-likeness (QED) is 0.897. The number of hydrogen-bond acceptors (Lipinski definition) is 3. The average Bonchev–Trinajstić information content (AvgIpc) is 2.84. The van der Waals surface area contributed by atoms with Gasteiger partial charge in [0.15, 0.2) is 0 Å². The Morgan fingerprint density at radius 3 is 2.74 bits per heavy atom. The molecule has 1 fully saturated rings. The molecule has 1 aliphatic heterocycles. The summed E-state index contributed by atoms with van der Waals surface area (Å²) in [6.07, 6.45) is 2.23. The van der Waals surface area contributed by atoms with Crippen molar-refractivity contribution in [3.63, 3.8) is 0 Å². The highest BCUT2D eigenvalue weighted by atomic mass is 16.3. The lowest BCUT2D eigenvalue weighted by molar-refractivity contribution is -0.150. The van der Waals surface area contributed by atoms with Gasteiger partial charge in [-0.2, -0.15) is 0 Å². The van der Waals surface area contributed by atoms with Crippen LogP contribution >= 0.6 is 0 Å². The van der Waals surface area contributed by atoms with E-state index in [0.717, 1.165) is 0 Å². The molecule has 0 saturated carbocycles. The van der Waals surface area contributed by atoms with Gasteiger partial charge in [0, 0.05) is 0 Å². The van der Waals surface area contributed by atoms with E-state index in [4.69, 9.17) is 4.42 Å². The Kier molecular flexibility index (Phi) is 3.93. The van der Waals surface area contributed by atoms with Gasteiger partial charge >= 0.3 is 0 Å². The molecule has 0 radical (unpaired) electrons. The van der Waals surface area contributed by atoms with Crippen molar-refractivity contribution in [2.24, 2.45) is 5.92 Å². The zero-order valence-electron chi connectivity index (χ0n) is 11.6. The number of amides is 2. The molecule has 5 heteroatoms. The SMILES string of the molecule is CC(C)CC1NC(=O)C(C)N(Cc2ccco2)C1=O. The normalized spacial score (nSPS) is 23.9. The van der Waals surface area contributed by atoms with Crippen LogP contribution in [-0.2, 0) is 16.1 Å². The first-order chi connectivity index (χ1) is 8.99. The summed E-state index contributed by atoms with van der Waals surface area (Å²) in [6, 6.07) is 2.71. The molecule has 1 aromatic rings. The van der Waals surface area contributed by atoms with Crippen LogP contribution in [0.2, 0.25) is 0 Å². The van der Waals surface area contributed by atoms with E-state index in [9.17, 15) is 9.59 Å². The number of carbonyl (C=O) groups excluding carboxylic acids is 2. The van der Waals surface area contributed by atoms with Crippen molar-refractivity contribution < 1.29 is 14.0 Å². The van der Waals surface area contributed by atoms with Crippen molar-refractivity contribution in [1.29, 1.82) is 0 Å². The van der Waals surface area contributed by atoms with E-state index >= 15 is 0 Å². The molecular formula is C14H20N2O3. The Labute approximate surface area is 113 Å². The first-order valence-electron chi connectivity index (χ1n) is 6.62. The third kappa shape index (κ3) is 2.97. The van der Waals surface area contributed by atoms with E-state index in [1.165, 1.54) is 0 Å². The summed E-state index contributed by atoms with van der Waals surface area (Å²) in [4.78, 5) is 25.9. The summed E-state index contributed by atoms with van der Waals surface area (Å²) >= 11 is 0. The highest BCUT2D eigenvalue weighted by Gasteiger charge is 2.38. The van der Waals surface area contributed by atoms with Crippen LogP contribution in [0, 0.1) is 5.92 Å². The Morgan fingerprint density at radius 1 is 1.42 bits per heavy atom. The van der Waals surface area contributed by atoms with E-state index in [-0.39, 0.29) is 11.8 Å². The third-order valence-corrected chi connectivity index (χ3v) is 3.36. The molecule has 5 nitrogen and oxygen atoms in total. The van der Waals surface area contributed by atoms with Crippen molar-refractivity contribution >= 4 is 11.8 Å². The third-order valence-electron chi connectivity index (χ3n) is 3.36. The average molecular weight is 264 g/mol. The van der Waals surface area contributed by atoms with Gasteiger partial charge in [0.05, 0.1) is 12.8 Å². The van der Waals surface area contributed by atoms with E-state index in [0.29, 0.717) is 24.6 Å². The van der Waals surface area contributed by atoms with Crippen molar-refractivity contribution in [3.8, 4) is 0 Å². The van der Waals surface area contributed by atoms with Gasteiger partial charge in [0.1, 0.15) is 17.8 Å².